The van der Waals surface area contributed by atoms with Crippen LogP contribution >= 0.6 is 0 Å². The summed E-state index contributed by atoms with van der Waals surface area (Å²) < 4.78 is 1.90. The summed E-state index contributed by atoms with van der Waals surface area (Å²) in [5.41, 5.74) is 3.13. The Balaban J connectivity index is 1.39. The fourth-order valence-electron chi connectivity index (χ4n) is 3.80. The van der Waals surface area contributed by atoms with Crippen molar-refractivity contribution in [3.8, 4) is 0 Å². The van der Waals surface area contributed by atoms with Crippen LogP contribution in [-0.4, -0.2) is 48.4 Å². The van der Waals surface area contributed by atoms with Gasteiger partial charge in [0.05, 0.1) is 29.4 Å². The number of hydrogen-bond acceptors (Lipinski definition) is 5. The molecular formula is C19H20N6O. The van der Waals surface area contributed by atoms with Crippen molar-refractivity contribution in [1.29, 1.82) is 0 Å². The molecular weight excluding hydrogens is 328 g/mol. The zero-order valence-electron chi connectivity index (χ0n) is 14.5. The third-order valence-electron chi connectivity index (χ3n) is 5.32. The average Bonchev–Trinajstić information content (AvgIpc) is 3.25. The van der Waals surface area contributed by atoms with Crippen LogP contribution in [0.1, 0.15) is 47.7 Å². The number of para-hydroxylation sites is 1. The van der Waals surface area contributed by atoms with Crippen molar-refractivity contribution in [1.82, 2.24) is 29.9 Å². The molecule has 1 saturated carbocycles. The Bertz CT molecular complexity index is 958. The van der Waals surface area contributed by atoms with E-state index in [1.807, 2.05) is 34.0 Å². The number of aromatic nitrogens is 5. The molecule has 5 rings (SSSR count). The van der Waals surface area contributed by atoms with E-state index in [9.17, 15) is 4.79 Å². The summed E-state index contributed by atoms with van der Waals surface area (Å²) in [6.07, 6.45) is 9.76. The van der Waals surface area contributed by atoms with Crippen molar-refractivity contribution >= 4 is 16.9 Å². The number of carbonyl (C=O) groups excluding carboxylic acids is 1. The van der Waals surface area contributed by atoms with Crippen LogP contribution in [0.4, 0.5) is 0 Å². The van der Waals surface area contributed by atoms with Crippen LogP contribution in [0.5, 0.6) is 0 Å². The molecule has 1 aliphatic heterocycles. The Labute approximate surface area is 151 Å². The van der Waals surface area contributed by atoms with Gasteiger partial charge in [0.25, 0.3) is 5.91 Å². The first-order valence-corrected chi connectivity index (χ1v) is 9.20. The van der Waals surface area contributed by atoms with E-state index in [1.54, 1.807) is 12.4 Å². The quantitative estimate of drug-likeness (QED) is 0.723. The fraction of sp³-hybridized carbons (Fsp3) is 0.421. The lowest BCUT2D eigenvalue weighted by Crippen LogP contribution is -2.38. The summed E-state index contributed by atoms with van der Waals surface area (Å²) in [7, 11) is 0. The summed E-state index contributed by atoms with van der Waals surface area (Å²) >= 11 is 0. The second-order valence-electron chi connectivity index (χ2n) is 7.16. The smallest absolute Gasteiger partial charge is 0.256 e. The van der Waals surface area contributed by atoms with Gasteiger partial charge in [0, 0.05) is 31.1 Å². The lowest BCUT2D eigenvalue weighted by molar-refractivity contribution is 0.0723. The van der Waals surface area contributed by atoms with E-state index in [-0.39, 0.29) is 11.9 Å². The second kappa shape index (κ2) is 6.16. The molecule has 2 aromatic heterocycles. The highest BCUT2D eigenvalue weighted by atomic mass is 16.2. The Morgan fingerprint density at radius 2 is 2.04 bits per heavy atom. The van der Waals surface area contributed by atoms with Gasteiger partial charge in [-0.3, -0.25) is 19.4 Å². The van der Waals surface area contributed by atoms with Crippen molar-refractivity contribution in [2.45, 2.75) is 44.2 Å². The molecule has 1 aliphatic carbocycles. The molecule has 0 spiro atoms. The van der Waals surface area contributed by atoms with Gasteiger partial charge in [0.2, 0.25) is 0 Å². The number of fused-ring (bicyclic) bond motifs is 1. The van der Waals surface area contributed by atoms with Crippen LogP contribution < -0.4 is 0 Å². The molecule has 2 fully saturated rings. The molecule has 0 radical (unpaired) electrons. The molecule has 1 aromatic carbocycles. The van der Waals surface area contributed by atoms with Crippen molar-refractivity contribution in [2.24, 2.45) is 0 Å². The number of amides is 1. The third-order valence-corrected chi connectivity index (χ3v) is 5.32. The van der Waals surface area contributed by atoms with Gasteiger partial charge in [0.15, 0.2) is 0 Å². The monoisotopic (exact) mass is 348 g/mol. The summed E-state index contributed by atoms with van der Waals surface area (Å²) in [5.74, 6) is 0.625. The van der Waals surface area contributed by atoms with Crippen molar-refractivity contribution < 1.29 is 4.79 Å². The molecule has 3 aromatic rings. The minimum absolute atomic E-state index is 0.0288. The van der Waals surface area contributed by atoms with Gasteiger partial charge in [-0.15, -0.1) is 5.10 Å². The van der Waals surface area contributed by atoms with E-state index < -0.39 is 0 Å². The number of nitrogens with zero attached hydrogens (tertiary/aromatic N) is 6. The largest absolute Gasteiger partial charge is 0.334 e. The zero-order valence-corrected chi connectivity index (χ0v) is 14.5. The van der Waals surface area contributed by atoms with Gasteiger partial charge in [-0.25, -0.2) is 0 Å². The Kier molecular flexibility index (Phi) is 3.65. The van der Waals surface area contributed by atoms with E-state index >= 15 is 0 Å². The van der Waals surface area contributed by atoms with Crippen LogP contribution in [0.3, 0.4) is 0 Å². The van der Waals surface area contributed by atoms with Gasteiger partial charge in [-0.2, -0.15) is 0 Å². The maximum atomic E-state index is 13.2. The molecule has 1 saturated heterocycles. The third kappa shape index (κ3) is 2.73. The van der Waals surface area contributed by atoms with Crippen LogP contribution in [0.25, 0.3) is 11.0 Å². The number of rotatable bonds is 4. The maximum Gasteiger partial charge on any atom is 0.256 e. The molecule has 2 aliphatic rings. The highest BCUT2D eigenvalue weighted by Crippen LogP contribution is 2.38. The predicted octanol–water partition coefficient (Wildman–Crippen LogP) is 2.40. The Hall–Kier alpha value is -2.83. The van der Waals surface area contributed by atoms with Crippen LogP contribution in [0, 0.1) is 0 Å². The lowest BCUT2D eigenvalue weighted by atomic mass is 10.1. The van der Waals surface area contributed by atoms with Gasteiger partial charge in [-0.05, 0) is 37.8 Å². The lowest BCUT2D eigenvalue weighted by Gasteiger charge is -2.25. The van der Waals surface area contributed by atoms with E-state index in [1.165, 1.54) is 12.8 Å². The van der Waals surface area contributed by atoms with Gasteiger partial charge in [0.1, 0.15) is 5.52 Å². The molecule has 0 bridgehead atoms. The molecule has 1 amide bonds. The standard InChI is InChI=1S/C19H20N6O/c26-19(15-4-1-5-16-18(15)21-9-8-20-16)25-10-2-3-14(25)11-24-12-17(22-23-24)13-6-7-13/h1,4-5,8-9,12-14H,2-3,6-7,10-11H2/t14-/m0/s1. The molecule has 132 valence electrons. The highest BCUT2D eigenvalue weighted by molar-refractivity contribution is 6.04. The molecule has 26 heavy (non-hydrogen) atoms. The minimum atomic E-state index is 0.0288. The Morgan fingerprint density at radius 1 is 1.15 bits per heavy atom. The van der Waals surface area contributed by atoms with Crippen LogP contribution in [0.15, 0.2) is 36.8 Å². The van der Waals surface area contributed by atoms with E-state index in [4.69, 9.17) is 0 Å². The SMILES string of the molecule is O=C(c1cccc2nccnc12)N1CCC[C@H]1Cn1cc(C2CC2)nn1. The van der Waals surface area contributed by atoms with Crippen LogP contribution in [-0.2, 0) is 6.54 Å². The van der Waals surface area contributed by atoms with E-state index in [2.05, 4.69) is 20.3 Å². The van der Waals surface area contributed by atoms with Crippen LogP contribution in [0.2, 0.25) is 0 Å². The topological polar surface area (TPSA) is 76.8 Å². The first-order valence-electron chi connectivity index (χ1n) is 9.20. The molecule has 0 unspecified atom stereocenters. The van der Waals surface area contributed by atoms with Gasteiger partial charge >= 0.3 is 0 Å². The van der Waals surface area contributed by atoms with E-state index in [0.29, 0.717) is 23.5 Å². The maximum absolute atomic E-state index is 13.2. The van der Waals surface area contributed by atoms with Gasteiger partial charge < -0.3 is 4.90 Å². The highest BCUT2D eigenvalue weighted by Gasteiger charge is 2.32. The molecule has 7 nitrogen and oxygen atoms in total. The number of benzene rings is 1. The van der Waals surface area contributed by atoms with E-state index in [0.717, 1.165) is 30.6 Å². The molecule has 7 heteroatoms. The first-order chi connectivity index (χ1) is 12.8. The zero-order chi connectivity index (χ0) is 17.5. The Morgan fingerprint density at radius 3 is 2.92 bits per heavy atom. The predicted molar refractivity (Wildman–Crippen MR) is 95.6 cm³/mol. The van der Waals surface area contributed by atoms with Crippen molar-refractivity contribution in [2.75, 3.05) is 6.54 Å². The first kappa shape index (κ1) is 15.4. The molecule has 1 atom stereocenters. The number of likely N-dealkylation sites (tertiary alicyclic amines) is 1. The van der Waals surface area contributed by atoms with Crippen molar-refractivity contribution in [3.05, 3.63) is 48.0 Å². The second-order valence-corrected chi connectivity index (χ2v) is 7.16. The summed E-state index contributed by atoms with van der Waals surface area (Å²) in [6.45, 7) is 1.46. The fourth-order valence-corrected chi connectivity index (χ4v) is 3.80. The van der Waals surface area contributed by atoms with Crippen molar-refractivity contribution in [3.63, 3.8) is 0 Å². The summed E-state index contributed by atoms with van der Waals surface area (Å²) in [4.78, 5) is 23.8. The molecule has 3 heterocycles. The molecule has 0 N–H and O–H groups in total. The average molecular weight is 348 g/mol. The summed E-state index contributed by atoms with van der Waals surface area (Å²) in [5, 5.41) is 8.54. The summed E-state index contributed by atoms with van der Waals surface area (Å²) in [6, 6.07) is 5.74. The normalized spacial score (nSPS) is 20.0. The number of hydrogen-bond donors (Lipinski definition) is 0. The minimum Gasteiger partial charge on any atom is -0.334 e. The van der Waals surface area contributed by atoms with Gasteiger partial charge in [-0.1, -0.05) is 11.3 Å². The number of carbonyl (C=O) groups is 1.